The van der Waals surface area contributed by atoms with Gasteiger partial charge in [-0.1, -0.05) is 17.7 Å². The fourth-order valence-electron chi connectivity index (χ4n) is 2.99. The molecule has 140 valence electrons. The molecule has 0 spiro atoms. The van der Waals surface area contributed by atoms with Crippen LogP contribution < -0.4 is 4.74 Å². The number of methoxy groups -OCH3 is 1. The minimum absolute atomic E-state index is 0.0205. The van der Waals surface area contributed by atoms with Gasteiger partial charge in [-0.15, -0.1) is 0 Å². The van der Waals surface area contributed by atoms with Crippen LogP contribution >= 0.6 is 0 Å². The van der Waals surface area contributed by atoms with E-state index in [2.05, 4.69) is 0 Å². The highest BCUT2D eigenvalue weighted by atomic mass is 16.5. The SMILES string of the molecule is CCN(CC)C(=O)c1cc(-c2ccc(OC)cc2)nn1-c1ccc(C)cc1. The third-order valence-corrected chi connectivity index (χ3v) is 4.64. The first kappa shape index (κ1) is 18.7. The second kappa shape index (κ2) is 8.08. The van der Waals surface area contributed by atoms with Crippen molar-refractivity contribution in [2.75, 3.05) is 20.2 Å². The average molecular weight is 363 g/mol. The Morgan fingerprint density at radius 2 is 1.67 bits per heavy atom. The largest absolute Gasteiger partial charge is 0.497 e. The monoisotopic (exact) mass is 363 g/mol. The summed E-state index contributed by atoms with van der Waals surface area (Å²) in [5.41, 5.74) is 4.30. The first-order chi connectivity index (χ1) is 13.1. The van der Waals surface area contributed by atoms with Crippen LogP contribution in [0.5, 0.6) is 5.75 Å². The van der Waals surface area contributed by atoms with Crippen molar-refractivity contribution >= 4 is 5.91 Å². The van der Waals surface area contributed by atoms with Gasteiger partial charge in [-0.05, 0) is 63.2 Å². The molecule has 1 aromatic heterocycles. The van der Waals surface area contributed by atoms with Gasteiger partial charge in [0.15, 0.2) is 0 Å². The molecule has 0 aliphatic carbocycles. The van der Waals surface area contributed by atoms with E-state index < -0.39 is 0 Å². The van der Waals surface area contributed by atoms with Gasteiger partial charge in [0, 0.05) is 18.7 Å². The Morgan fingerprint density at radius 1 is 1.04 bits per heavy atom. The summed E-state index contributed by atoms with van der Waals surface area (Å²) in [5, 5.41) is 4.74. The fraction of sp³-hybridized carbons (Fsp3) is 0.273. The summed E-state index contributed by atoms with van der Waals surface area (Å²) in [6.07, 6.45) is 0. The van der Waals surface area contributed by atoms with Gasteiger partial charge in [0.2, 0.25) is 0 Å². The summed E-state index contributed by atoms with van der Waals surface area (Å²) in [6.45, 7) is 7.33. The van der Waals surface area contributed by atoms with E-state index in [0.29, 0.717) is 18.8 Å². The topological polar surface area (TPSA) is 47.4 Å². The van der Waals surface area contributed by atoms with E-state index >= 15 is 0 Å². The molecular weight excluding hydrogens is 338 g/mol. The molecule has 0 bridgehead atoms. The van der Waals surface area contributed by atoms with Crippen LogP contribution in [0.15, 0.2) is 54.6 Å². The number of hydrogen-bond donors (Lipinski definition) is 0. The molecule has 0 aliphatic heterocycles. The quantitative estimate of drug-likeness (QED) is 0.654. The molecule has 0 saturated heterocycles. The first-order valence-corrected chi connectivity index (χ1v) is 9.18. The number of aryl methyl sites for hydroxylation is 1. The summed E-state index contributed by atoms with van der Waals surface area (Å²) in [5.74, 6) is 0.768. The molecule has 1 amide bonds. The number of rotatable bonds is 6. The highest BCUT2D eigenvalue weighted by molar-refractivity contribution is 5.94. The Balaban J connectivity index is 2.10. The highest BCUT2D eigenvalue weighted by Crippen LogP contribution is 2.25. The van der Waals surface area contributed by atoms with Crippen LogP contribution in [0.25, 0.3) is 16.9 Å². The van der Waals surface area contributed by atoms with Crippen molar-refractivity contribution in [2.24, 2.45) is 0 Å². The van der Waals surface area contributed by atoms with Crippen LogP contribution in [-0.4, -0.2) is 40.8 Å². The van der Waals surface area contributed by atoms with Crippen molar-refractivity contribution < 1.29 is 9.53 Å². The molecule has 27 heavy (non-hydrogen) atoms. The number of amides is 1. The van der Waals surface area contributed by atoms with Crippen molar-refractivity contribution in [1.29, 1.82) is 0 Å². The van der Waals surface area contributed by atoms with Crippen LogP contribution in [0.4, 0.5) is 0 Å². The number of nitrogens with zero attached hydrogens (tertiary/aromatic N) is 3. The van der Waals surface area contributed by atoms with Gasteiger partial charge < -0.3 is 9.64 Å². The summed E-state index contributed by atoms with van der Waals surface area (Å²) in [6, 6.07) is 17.6. The molecular formula is C22H25N3O2. The molecule has 2 aromatic carbocycles. The van der Waals surface area contributed by atoms with Crippen molar-refractivity contribution in [3.05, 3.63) is 65.9 Å². The summed E-state index contributed by atoms with van der Waals surface area (Å²) in [7, 11) is 1.64. The van der Waals surface area contributed by atoms with E-state index in [9.17, 15) is 4.79 Å². The first-order valence-electron chi connectivity index (χ1n) is 9.18. The maximum Gasteiger partial charge on any atom is 0.272 e. The molecule has 1 heterocycles. The van der Waals surface area contributed by atoms with Crippen molar-refractivity contribution in [2.45, 2.75) is 20.8 Å². The highest BCUT2D eigenvalue weighted by Gasteiger charge is 2.21. The zero-order chi connectivity index (χ0) is 19.4. The third-order valence-electron chi connectivity index (χ3n) is 4.64. The molecule has 0 fully saturated rings. The van der Waals surface area contributed by atoms with Gasteiger partial charge in [-0.3, -0.25) is 4.79 Å². The van der Waals surface area contributed by atoms with E-state index in [-0.39, 0.29) is 5.91 Å². The summed E-state index contributed by atoms with van der Waals surface area (Å²) >= 11 is 0. The smallest absolute Gasteiger partial charge is 0.272 e. The zero-order valence-corrected chi connectivity index (χ0v) is 16.3. The van der Waals surface area contributed by atoms with E-state index in [1.165, 1.54) is 0 Å². The van der Waals surface area contributed by atoms with Gasteiger partial charge in [0.05, 0.1) is 18.5 Å². The Kier molecular flexibility index (Phi) is 5.60. The summed E-state index contributed by atoms with van der Waals surface area (Å²) in [4.78, 5) is 14.9. The number of carbonyl (C=O) groups excluding carboxylic acids is 1. The van der Waals surface area contributed by atoms with Crippen LogP contribution in [0, 0.1) is 6.92 Å². The van der Waals surface area contributed by atoms with E-state index in [0.717, 1.165) is 28.3 Å². The molecule has 3 rings (SSSR count). The van der Waals surface area contributed by atoms with Gasteiger partial charge >= 0.3 is 0 Å². The van der Waals surface area contributed by atoms with Crippen molar-refractivity contribution in [3.8, 4) is 22.7 Å². The van der Waals surface area contributed by atoms with Gasteiger partial charge in [0.25, 0.3) is 5.91 Å². The Bertz CT molecular complexity index is 908. The molecule has 5 nitrogen and oxygen atoms in total. The number of hydrogen-bond acceptors (Lipinski definition) is 3. The van der Waals surface area contributed by atoms with Gasteiger partial charge in [-0.2, -0.15) is 5.10 Å². The lowest BCUT2D eigenvalue weighted by Crippen LogP contribution is -2.32. The number of ether oxygens (including phenoxy) is 1. The standard InChI is InChI=1S/C22H25N3O2/c1-5-24(6-2)22(26)21-15-20(17-9-13-19(27-4)14-10-17)23-25(21)18-11-7-16(3)8-12-18/h7-15H,5-6H2,1-4H3. The number of aromatic nitrogens is 2. The average Bonchev–Trinajstić information content (AvgIpc) is 3.15. The molecule has 0 saturated carbocycles. The molecule has 0 radical (unpaired) electrons. The van der Waals surface area contributed by atoms with Crippen molar-refractivity contribution in [3.63, 3.8) is 0 Å². The van der Waals surface area contributed by atoms with Crippen molar-refractivity contribution in [1.82, 2.24) is 14.7 Å². The normalized spacial score (nSPS) is 10.7. The fourth-order valence-corrected chi connectivity index (χ4v) is 2.99. The lowest BCUT2D eigenvalue weighted by atomic mass is 10.1. The second-order valence-corrected chi connectivity index (χ2v) is 6.37. The Labute approximate surface area is 160 Å². The van der Waals surface area contributed by atoms with Gasteiger partial charge in [-0.25, -0.2) is 4.68 Å². The minimum atomic E-state index is -0.0205. The molecule has 3 aromatic rings. The van der Waals surface area contributed by atoms with Crippen LogP contribution in [0.2, 0.25) is 0 Å². The Hall–Kier alpha value is -3.08. The van der Waals surface area contributed by atoms with Crippen LogP contribution in [0.1, 0.15) is 29.9 Å². The van der Waals surface area contributed by atoms with E-state index in [1.54, 1.807) is 16.7 Å². The minimum Gasteiger partial charge on any atom is -0.497 e. The van der Waals surface area contributed by atoms with Crippen LogP contribution in [0.3, 0.4) is 0 Å². The third kappa shape index (κ3) is 3.87. The molecule has 5 heteroatoms. The molecule has 0 N–H and O–H groups in total. The number of carbonyl (C=O) groups is 1. The maximum atomic E-state index is 13.1. The maximum absolute atomic E-state index is 13.1. The van der Waals surface area contributed by atoms with E-state index in [1.807, 2.05) is 75.4 Å². The zero-order valence-electron chi connectivity index (χ0n) is 16.3. The lowest BCUT2D eigenvalue weighted by Gasteiger charge is -2.19. The molecule has 0 atom stereocenters. The van der Waals surface area contributed by atoms with Gasteiger partial charge in [0.1, 0.15) is 11.4 Å². The molecule has 0 unspecified atom stereocenters. The lowest BCUT2D eigenvalue weighted by molar-refractivity contribution is 0.0764. The number of benzene rings is 2. The van der Waals surface area contributed by atoms with E-state index in [4.69, 9.17) is 9.84 Å². The summed E-state index contributed by atoms with van der Waals surface area (Å²) < 4.78 is 6.96. The molecule has 0 aliphatic rings. The van der Waals surface area contributed by atoms with Crippen LogP contribution in [-0.2, 0) is 0 Å². The Morgan fingerprint density at radius 3 is 2.22 bits per heavy atom. The predicted molar refractivity (Wildman–Crippen MR) is 108 cm³/mol. The predicted octanol–water partition coefficient (Wildman–Crippen LogP) is 4.34. The second-order valence-electron chi connectivity index (χ2n) is 6.37.